The van der Waals surface area contributed by atoms with Crippen LogP contribution in [0.15, 0.2) is 73.1 Å². The van der Waals surface area contributed by atoms with Gasteiger partial charge in [-0.3, -0.25) is 9.59 Å². The Bertz CT molecular complexity index is 1130. The molecular weight excluding hydrogens is 444 g/mol. The van der Waals surface area contributed by atoms with Crippen molar-refractivity contribution < 1.29 is 19.8 Å². The Labute approximate surface area is 205 Å². The van der Waals surface area contributed by atoms with Crippen LogP contribution in [0.4, 0.5) is 0 Å². The fraction of sp³-hybridized carbons (Fsp3) is 0.370. The molecule has 0 spiro atoms. The molecule has 0 bridgehead atoms. The summed E-state index contributed by atoms with van der Waals surface area (Å²) in [5.74, 6) is -1.45. The number of nitrogens with one attached hydrogen (secondary N) is 1. The highest BCUT2D eigenvalue weighted by Crippen LogP contribution is 2.32. The predicted octanol–water partition coefficient (Wildman–Crippen LogP) is 2.92. The number of nitrogens with zero attached hydrogens (tertiary/aromatic N) is 3. The minimum atomic E-state index is -2.29. The molecule has 4 rings (SSSR count). The number of benzene rings is 2. The van der Waals surface area contributed by atoms with Gasteiger partial charge < -0.3 is 20.4 Å². The fourth-order valence-electron chi connectivity index (χ4n) is 4.50. The van der Waals surface area contributed by atoms with Gasteiger partial charge in [0.15, 0.2) is 11.7 Å². The number of likely N-dealkylation sites (tertiary alicyclic amines) is 1. The Morgan fingerprint density at radius 2 is 1.80 bits per heavy atom. The second kappa shape index (κ2) is 10.4. The van der Waals surface area contributed by atoms with E-state index in [1.165, 1.54) is 6.92 Å². The molecule has 1 aliphatic rings. The van der Waals surface area contributed by atoms with Crippen molar-refractivity contribution >= 4 is 11.8 Å². The van der Waals surface area contributed by atoms with Crippen molar-refractivity contribution in [2.45, 2.75) is 56.9 Å². The molecule has 4 atom stereocenters. The molecule has 1 aromatic heterocycles. The van der Waals surface area contributed by atoms with Crippen molar-refractivity contribution in [1.82, 2.24) is 20.0 Å². The Morgan fingerprint density at radius 3 is 2.46 bits per heavy atom. The topological polar surface area (TPSA) is 108 Å². The second-order valence-corrected chi connectivity index (χ2v) is 9.24. The maximum Gasteiger partial charge on any atom is 0.255 e. The smallest absolute Gasteiger partial charge is 0.255 e. The van der Waals surface area contributed by atoms with Gasteiger partial charge in [0.1, 0.15) is 0 Å². The Balaban J connectivity index is 1.43. The molecule has 2 aromatic carbocycles. The fourth-order valence-corrected chi connectivity index (χ4v) is 4.50. The van der Waals surface area contributed by atoms with E-state index in [4.69, 9.17) is 0 Å². The number of carbonyl (C=O) groups is 2. The molecule has 184 valence electrons. The van der Waals surface area contributed by atoms with E-state index >= 15 is 0 Å². The third-order valence-electron chi connectivity index (χ3n) is 6.71. The number of amides is 2. The quantitative estimate of drug-likeness (QED) is 0.486. The summed E-state index contributed by atoms with van der Waals surface area (Å²) in [7, 11) is 0. The third kappa shape index (κ3) is 5.28. The van der Waals surface area contributed by atoms with Crippen LogP contribution < -0.4 is 5.32 Å². The highest BCUT2D eigenvalue weighted by molar-refractivity contribution is 5.94. The molecule has 1 unspecified atom stereocenters. The monoisotopic (exact) mass is 476 g/mol. The highest BCUT2D eigenvalue weighted by atomic mass is 16.4. The molecule has 8 nitrogen and oxygen atoms in total. The van der Waals surface area contributed by atoms with E-state index in [-0.39, 0.29) is 6.04 Å². The van der Waals surface area contributed by atoms with E-state index in [9.17, 15) is 19.8 Å². The van der Waals surface area contributed by atoms with Crippen molar-refractivity contribution in [3.63, 3.8) is 0 Å². The number of aromatic nitrogens is 2. The van der Waals surface area contributed by atoms with Crippen molar-refractivity contribution in [2.24, 2.45) is 0 Å². The van der Waals surface area contributed by atoms with Crippen LogP contribution in [0.25, 0.3) is 5.69 Å². The first kappa shape index (κ1) is 24.6. The first-order chi connectivity index (χ1) is 16.8. The second-order valence-electron chi connectivity index (χ2n) is 9.24. The van der Waals surface area contributed by atoms with Crippen LogP contribution in [-0.4, -0.2) is 55.0 Å². The van der Waals surface area contributed by atoms with Crippen LogP contribution in [0, 0.1) is 0 Å². The summed E-state index contributed by atoms with van der Waals surface area (Å²) in [6, 6.07) is 18.3. The van der Waals surface area contributed by atoms with Gasteiger partial charge in [-0.15, -0.1) is 0 Å². The van der Waals surface area contributed by atoms with Crippen molar-refractivity contribution in [3.8, 4) is 5.69 Å². The SMILES string of the molecule is C[C@@H](NC(=O)[C@](C)(O)[C@@H](O)C(=O)N1CCCCC1c1ccccc1)c1ccc(-n2cccn2)cc1. The molecule has 1 fully saturated rings. The van der Waals surface area contributed by atoms with Gasteiger partial charge in [-0.25, -0.2) is 4.68 Å². The van der Waals surface area contributed by atoms with Gasteiger partial charge in [0.05, 0.1) is 17.8 Å². The molecule has 0 saturated carbocycles. The number of carbonyl (C=O) groups excluding carboxylic acids is 2. The molecule has 1 aliphatic heterocycles. The zero-order chi connectivity index (χ0) is 25.0. The van der Waals surface area contributed by atoms with Crippen LogP contribution >= 0.6 is 0 Å². The number of hydrogen-bond donors (Lipinski definition) is 3. The third-order valence-corrected chi connectivity index (χ3v) is 6.71. The van der Waals surface area contributed by atoms with E-state index in [2.05, 4.69) is 10.4 Å². The summed E-state index contributed by atoms with van der Waals surface area (Å²) in [5.41, 5.74) is 0.369. The molecule has 8 heteroatoms. The van der Waals surface area contributed by atoms with Crippen LogP contribution in [0.1, 0.15) is 56.3 Å². The molecule has 3 N–H and O–H groups in total. The number of piperidine rings is 1. The Morgan fingerprint density at radius 1 is 1.09 bits per heavy atom. The number of aliphatic hydroxyl groups excluding tert-OH is 1. The summed E-state index contributed by atoms with van der Waals surface area (Å²) in [4.78, 5) is 27.8. The molecule has 0 aliphatic carbocycles. The lowest BCUT2D eigenvalue weighted by Gasteiger charge is -2.39. The van der Waals surface area contributed by atoms with Gasteiger partial charge >= 0.3 is 0 Å². The normalized spacial score (nSPS) is 19.4. The largest absolute Gasteiger partial charge is 0.380 e. The predicted molar refractivity (Wildman–Crippen MR) is 131 cm³/mol. The Kier molecular flexibility index (Phi) is 7.33. The highest BCUT2D eigenvalue weighted by Gasteiger charge is 2.46. The summed E-state index contributed by atoms with van der Waals surface area (Å²) < 4.78 is 1.73. The molecule has 2 heterocycles. The first-order valence-corrected chi connectivity index (χ1v) is 12.0. The minimum Gasteiger partial charge on any atom is -0.380 e. The van der Waals surface area contributed by atoms with E-state index < -0.39 is 29.6 Å². The lowest BCUT2D eigenvalue weighted by molar-refractivity contribution is -0.168. The molecular formula is C27H32N4O4. The number of hydrogen-bond acceptors (Lipinski definition) is 5. The van der Waals surface area contributed by atoms with E-state index in [1.54, 1.807) is 22.7 Å². The van der Waals surface area contributed by atoms with Gasteiger partial charge in [0.25, 0.3) is 11.8 Å². The average molecular weight is 477 g/mol. The zero-order valence-electron chi connectivity index (χ0n) is 20.0. The van der Waals surface area contributed by atoms with E-state index in [0.29, 0.717) is 6.54 Å². The van der Waals surface area contributed by atoms with Crippen LogP contribution in [-0.2, 0) is 9.59 Å². The van der Waals surface area contributed by atoms with Crippen LogP contribution in [0.2, 0.25) is 0 Å². The molecule has 0 radical (unpaired) electrons. The van der Waals surface area contributed by atoms with E-state index in [1.807, 2.05) is 66.9 Å². The van der Waals surface area contributed by atoms with Gasteiger partial charge in [-0.2, -0.15) is 5.10 Å². The van der Waals surface area contributed by atoms with Gasteiger partial charge in [-0.05, 0) is 62.4 Å². The number of aliphatic hydroxyl groups is 2. The Hall–Kier alpha value is -3.49. The average Bonchev–Trinajstić information content (AvgIpc) is 3.43. The van der Waals surface area contributed by atoms with E-state index in [0.717, 1.165) is 36.1 Å². The maximum absolute atomic E-state index is 13.3. The number of rotatable bonds is 7. The molecule has 3 aromatic rings. The zero-order valence-corrected chi connectivity index (χ0v) is 20.0. The molecule has 35 heavy (non-hydrogen) atoms. The van der Waals surface area contributed by atoms with Crippen LogP contribution in [0.5, 0.6) is 0 Å². The van der Waals surface area contributed by atoms with Gasteiger partial charge in [0.2, 0.25) is 0 Å². The standard InChI is InChI=1S/C27H32N4O4/c1-19(20-12-14-22(15-13-20)31-18-8-16-28-31)29-26(34)27(2,35)24(32)25(33)30-17-7-6-11-23(30)21-9-4-3-5-10-21/h3-5,8-10,12-16,18-19,23-24,32,35H,6-7,11,17H2,1-2H3,(H,29,34)/t19-,23?,24+,27-/m1/s1. The minimum absolute atomic E-state index is 0.196. The summed E-state index contributed by atoms with van der Waals surface area (Å²) in [5, 5.41) is 28.7. The lowest BCUT2D eigenvalue weighted by Crippen LogP contribution is -2.59. The summed E-state index contributed by atoms with van der Waals surface area (Å²) in [6.07, 6.45) is 4.18. The maximum atomic E-state index is 13.3. The van der Waals surface area contributed by atoms with Gasteiger partial charge in [-0.1, -0.05) is 42.5 Å². The molecule has 1 saturated heterocycles. The first-order valence-electron chi connectivity index (χ1n) is 12.0. The summed E-state index contributed by atoms with van der Waals surface area (Å²) >= 11 is 0. The summed E-state index contributed by atoms with van der Waals surface area (Å²) in [6.45, 7) is 3.42. The van der Waals surface area contributed by atoms with Gasteiger partial charge in [0, 0.05) is 18.9 Å². The van der Waals surface area contributed by atoms with Crippen LogP contribution in [0.3, 0.4) is 0 Å². The van der Waals surface area contributed by atoms with Crippen molar-refractivity contribution in [1.29, 1.82) is 0 Å². The lowest BCUT2D eigenvalue weighted by atomic mass is 9.91. The van der Waals surface area contributed by atoms with Crippen molar-refractivity contribution in [3.05, 3.63) is 84.2 Å². The van der Waals surface area contributed by atoms with Crippen molar-refractivity contribution in [2.75, 3.05) is 6.54 Å². The molecule has 2 amide bonds.